The minimum absolute atomic E-state index is 0.00393. The molecule has 1 heterocycles. The third-order valence-electron chi connectivity index (χ3n) is 4.42. The van der Waals surface area contributed by atoms with Crippen molar-refractivity contribution in [1.82, 2.24) is 9.97 Å². The summed E-state index contributed by atoms with van der Waals surface area (Å²) in [5.74, 6) is 0.501. The van der Waals surface area contributed by atoms with Crippen LogP contribution in [0.25, 0.3) is 11.0 Å². The number of amides is 1. The maximum atomic E-state index is 13.8. The highest BCUT2D eigenvalue weighted by Gasteiger charge is 2.22. The number of hydrogen-bond donors (Lipinski definition) is 2. The lowest BCUT2D eigenvalue weighted by Gasteiger charge is -2.22. The van der Waals surface area contributed by atoms with Crippen molar-refractivity contribution in [2.24, 2.45) is 0 Å². The summed E-state index contributed by atoms with van der Waals surface area (Å²) >= 11 is 3.25. The molecule has 122 valence electrons. The highest BCUT2D eigenvalue weighted by atomic mass is 79.9. The molecular weight excluding hydrogens is 373 g/mol. The van der Waals surface area contributed by atoms with Gasteiger partial charge in [-0.15, -0.1) is 0 Å². The van der Waals surface area contributed by atoms with Crippen LogP contribution >= 0.6 is 15.9 Å². The third kappa shape index (κ3) is 2.82. The van der Waals surface area contributed by atoms with E-state index < -0.39 is 11.7 Å². The standard InChI is InChI=1S/C18H15BrFN3O/c19-11-4-6-14(20)13(8-11)18(24)21-12-5-7-15-16(9-12)23-17(22-15)10-2-1-3-10/h4-10H,1-3H2,(H,21,24)(H,22,23). The number of halogens is 2. The van der Waals surface area contributed by atoms with Gasteiger partial charge in [0.1, 0.15) is 11.6 Å². The number of nitrogens with zero attached hydrogens (tertiary/aromatic N) is 1. The molecule has 1 aliphatic rings. The van der Waals surface area contributed by atoms with Crippen LogP contribution < -0.4 is 5.32 Å². The number of anilines is 1. The summed E-state index contributed by atoms with van der Waals surface area (Å²) in [7, 11) is 0. The van der Waals surface area contributed by atoms with Crippen LogP contribution in [-0.2, 0) is 0 Å². The highest BCUT2D eigenvalue weighted by Crippen LogP contribution is 2.35. The first-order valence-corrected chi connectivity index (χ1v) is 8.65. The Kier molecular flexibility index (Phi) is 3.84. The zero-order valence-corrected chi connectivity index (χ0v) is 14.4. The van der Waals surface area contributed by atoms with Crippen LogP contribution in [0.1, 0.15) is 41.4 Å². The topological polar surface area (TPSA) is 57.8 Å². The molecule has 0 atom stereocenters. The molecule has 2 aromatic carbocycles. The molecule has 0 bridgehead atoms. The summed E-state index contributed by atoms with van der Waals surface area (Å²) in [6.07, 6.45) is 3.60. The molecule has 0 unspecified atom stereocenters. The van der Waals surface area contributed by atoms with E-state index in [0.29, 0.717) is 16.1 Å². The Morgan fingerprint density at radius 2 is 2.08 bits per heavy atom. The largest absolute Gasteiger partial charge is 0.342 e. The smallest absolute Gasteiger partial charge is 0.258 e. The SMILES string of the molecule is O=C(Nc1ccc2nc(C3CCC3)[nH]c2c1)c1cc(Br)ccc1F. The Labute approximate surface area is 146 Å². The van der Waals surface area contributed by atoms with E-state index in [2.05, 4.69) is 31.2 Å². The van der Waals surface area contributed by atoms with Gasteiger partial charge in [-0.3, -0.25) is 4.79 Å². The van der Waals surface area contributed by atoms with Crippen molar-refractivity contribution < 1.29 is 9.18 Å². The fourth-order valence-electron chi connectivity index (χ4n) is 2.85. The Bertz CT molecular complexity index is 933. The molecule has 1 amide bonds. The number of aromatic amines is 1. The van der Waals surface area contributed by atoms with Gasteiger partial charge in [0, 0.05) is 16.1 Å². The number of carbonyl (C=O) groups is 1. The maximum absolute atomic E-state index is 13.8. The van der Waals surface area contributed by atoms with E-state index in [0.717, 1.165) is 16.9 Å². The van der Waals surface area contributed by atoms with Crippen molar-refractivity contribution in [3.05, 3.63) is 58.1 Å². The molecule has 0 saturated heterocycles. The molecule has 0 aliphatic heterocycles. The summed E-state index contributed by atoms with van der Waals surface area (Å²) in [4.78, 5) is 20.2. The zero-order valence-electron chi connectivity index (χ0n) is 12.8. The fourth-order valence-corrected chi connectivity index (χ4v) is 3.21. The number of nitrogens with one attached hydrogen (secondary N) is 2. The Morgan fingerprint density at radius 1 is 1.25 bits per heavy atom. The highest BCUT2D eigenvalue weighted by molar-refractivity contribution is 9.10. The predicted octanol–water partition coefficient (Wildman–Crippen LogP) is 4.98. The van der Waals surface area contributed by atoms with Crippen molar-refractivity contribution in [3.8, 4) is 0 Å². The van der Waals surface area contributed by atoms with Crippen LogP contribution in [-0.4, -0.2) is 15.9 Å². The lowest BCUT2D eigenvalue weighted by atomic mass is 9.85. The predicted molar refractivity (Wildman–Crippen MR) is 94.7 cm³/mol. The second kappa shape index (κ2) is 6.02. The average Bonchev–Trinajstić information content (AvgIpc) is 2.90. The molecule has 4 nitrogen and oxygen atoms in total. The number of H-pyrrole nitrogens is 1. The van der Waals surface area contributed by atoms with Gasteiger partial charge in [-0.25, -0.2) is 9.37 Å². The lowest BCUT2D eigenvalue weighted by Crippen LogP contribution is -2.13. The molecule has 2 N–H and O–H groups in total. The van der Waals surface area contributed by atoms with Gasteiger partial charge in [-0.2, -0.15) is 0 Å². The van der Waals surface area contributed by atoms with Crippen molar-refractivity contribution >= 4 is 38.6 Å². The number of fused-ring (bicyclic) bond motifs is 1. The molecule has 24 heavy (non-hydrogen) atoms. The molecule has 3 aromatic rings. The normalized spacial score (nSPS) is 14.6. The second-order valence-electron chi connectivity index (χ2n) is 6.06. The molecule has 6 heteroatoms. The van der Waals surface area contributed by atoms with Crippen LogP contribution in [0.5, 0.6) is 0 Å². The van der Waals surface area contributed by atoms with Crippen molar-refractivity contribution in [3.63, 3.8) is 0 Å². The van der Waals surface area contributed by atoms with Gasteiger partial charge < -0.3 is 10.3 Å². The average molecular weight is 388 g/mol. The molecule has 1 aliphatic carbocycles. The molecule has 0 radical (unpaired) electrons. The molecular formula is C18H15BrFN3O. The van der Waals surface area contributed by atoms with E-state index in [9.17, 15) is 9.18 Å². The second-order valence-corrected chi connectivity index (χ2v) is 6.98. The monoisotopic (exact) mass is 387 g/mol. The number of benzene rings is 2. The van der Waals surface area contributed by atoms with Gasteiger partial charge in [0.05, 0.1) is 16.6 Å². The van der Waals surface area contributed by atoms with Crippen LogP contribution in [0, 0.1) is 5.82 Å². The summed E-state index contributed by atoms with van der Waals surface area (Å²) in [5.41, 5.74) is 2.37. The lowest BCUT2D eigenvalue weighted by molar-refractivity contribution is 0.102. The first-order valence-electron chi connectivity index (χ1n) is 7.86. The van der Waals surface area contributed by atoms with E-state index in [1.54, 1.807) is 12.1 Å². The van der Waals surface area contributed by atoms with E-state index >= 15 is 0 Å². The van der Waals surface area contributed by atoms with Gasteiger partial charge in [-0.05, 0) is 49.2 Å². The van der Waals surface area contributed by atoms with Gasteiger partial charge in [0.2, 0.25) is 0 Å². The number of aromatic nitrogens is 2. The number of hydrogen-bond acceptors (Lipinski definition) is 2. The number of carbonyl (C=O) groups excluding carboxylic acids is 1. The fraction of sp³-hybridized carbons (Fsp3) is 0.222. The summed E-state index contributed by atoms with van der Waals surface area (Å²) in [5, 5.41) is 2.74. The number of imidazole rings is 1. The minimum Gasteiger partial charge on any atom is -0.342 e. The maximum Gasteiger partial charge on any atom is 0.258 e. The van der Waals surface area contributed by atoms with Gasteiger partial charge >= 0.3 is 0 Å². The zero-order chi connectivity index (χ0) is 16.7. The molecule has 1 fully saturated rings. The summed E-state index contributed by atoms with van der Waals surface area (Å²) in [6.45, 7) is 0. The third-order valence-corrected chi connectivity index (χ3v) is 4.92. The van der Waals surface area contributed by atoms with E-state index in [1.165, 1.54) is 31.4 Å². The Balaban J connectivity index is 1.59. The van der Waals surface area contributed by atoms with Gasteiger partial charge in [-0.1, -0.05) is 22.4 Å². The minimum atomic E-state index is -0.550. The summed E-state index contributed by atoms with van der Waals surface area (Å²) in [6, 6.07) is 9.77. The first kappa shape index (κ1) is 15.3. The van der Waals surface area contributed by atoms with Crippen molar-refractivity contribution in [1.29, 1.82) is 0 Å². The van der Waals surface area contributed by atoms with Crippen LogP contribution in [0.4, 0.5) is 10.1 Å². The van der Waals surface area contributed by atoms with Crippen molar-refractivity contribution in [2.75, 3.05) is 5.32 Å². The van der Waals surface area contributed by atoms with Crippen molar-refractivity contribution in [2.45, 2.75) is 25.2 Å². The molecule has 4 rings (SSSR count). The first-order chi connectivity index (χ1) is 11.6. The van der Waals surface area contributed by atoms with Gasteiger partial charge in [0.25, 0.3) is 5.91 Å². The van der Waals surface area contributed by atoms with Crippen LogP contribution in [0.15, 0.2) is 40.9 Å². The molecule has 1 aromatic heterocycles. The van der Waals surface area contributed by atoms with Gasteiger partial charge in [0.15, 0.2) is 0 Å². The summed E-state index contributed by atoms with van der Waals surface area (Å²) < 4.78 is 14.5. The number of rotatable bonds is 3. The molecule has 0 spiro atoms. The van der Waals surface area contributed by atoms with E-state index in [1.807, 2.05) is 12.1 Å². The molecule has 1 saturated carbocycles. The quantitative estimate of drug-likeness (QED) is 0.665. The van der Waals surface area contributed by atoms with E-state index in [-0.39, 0.29) is 5.56 Å². The Morgan fingerprint density at radius 3 is 2.83 bits per heavy atom. The van der Waals surface area contributed by atoms with Crippen LogP contribution in [0.3, 0.4) is 0 Å². The van der Waals surface area contributed by atoms with Crippen LogP contribution in [0.2, 0.25) is 0 Å². The Hall–Kier alpha value is -2.21. The van der Waals surface area contributed by atoms with E-state index in [4.69, 9.17) is 0 Å².